The summed E-state index contributed by atoms with van der Waals surface area (Å²) in [5, 5.41) is 2.74. The molecule has 0 fully saturated rings. The van der Waals surface area contributed by atoms with Crippen LogP contribution < -0.4 is 14.8 Å². The van der Waals surface area contributed by atoms with Crippen molar-refractivity contribution in [2.75, 3.05) is 12.4 Å². The van der Waals surface area contributed by atoms with Crippen LogP contribution in [0.2, 0.25) is 0 Å². The SMILES string of the molecule is CNS(=O)(=O)c1cc(NC(=O)c2ccccc2Oc2ccccc2)ccc1C. The molecule has 0 bridgehead atoms. The largest absolute Gasteiger partial charge is 0.457 e. The van der Waals surface area contributed by atoms with Crippen molar-refractivity contribution in [1.29, 1.82) is 0 Å². The lowest BCUT2D eigenvalue weighted by molar-refractivity contribution is 0.102. The zero-order valence-corrected chi connectivity index (χ0v) is 16.3. The Balaban J connectivity index is 1.88. The van der Waals surface area contributed by atoms with Crippen LogP contribution in [0.5, 0.6) is 11.5 Å². The first-order valence-electron chi connectivity index (χ1n) is 8.58. The molecule has 0 spiro atoms. The summed E-state index contributed by atoms with van der Waals surface area (Å²) >= 11 is 0. The maximum atomic E-state index is 12.8. The van der Waals surface area contributed by atoms with Crippen LogP contribution in [0.4, 0.5) is 5.69 Å². The summed E-state index contributed by atoms with van der Waals surface area (Å²) < 4.78 is 32.4. The van der Waals surface area contributed by atoms with Crippen molar-refractivity contribution >= 4 is 21.6 Å². The summed E-state index contributed by atoms with van der Waals surface area (Å²) in [6.45, 7) is 1.69. The van der Waals surface area contributed by atoms with Gasteiger partial charge in [-0.3, -0.25) is 4.79 Å². The Bertz CT molecular complexity index is 1100. The van der Waals surface area contributed by atoms with Crippen molar-refractivity contribution in [3.8, 4) is 11.5 Å². The molecule has 0 aromatic heterocycles. The molecule has 0 aliphatic heterocycles. The number of benzene rings is 3. The fraction of sp³-hybridized carbons (Fsp3) is 0.0952. The molecule has 0 saturated carbocycles. The van der Waals surface area contributed by atoms with E-state index in [1.54, 1.807) is 55.5 Å². The summed E-state index contributed by atoms with van der Waals surface area (Å²) in [5.41, 5.74) is 1.30. The number of nitrogens with one attached hydrogen (secondary N) is 2. The molecule has 3 aromatic rings. The van der Waals surface area contributed by atoms with Gasteiger partial charge < -0.3 is 10.1 Å². The lowest BCUT2D eigenvalue weighted by atomic mass is 10.1. The number of anilines is 1. The summed E-state index contributed by atoms with van der Waals surface area (Å²) in [5.74, 6) is 0.616. The average molecular weight is 396 g/mol. The van der Waals surface area contributed by atoms with E-state index in [1.165, 1.54) is 13.1 Å². The molecule has 144 valence electrons. The van der Waals surface area contributed by atoms with Gasteiger partial charge in [0.05, 0.1) is 10.5 Å². The Labute approximate surface area is 164 Å². The summed E-state index contributed by atoms with van der Waals surface area (Å²) in [6, 6.07) is 20.7. The molecule has 3 aromatic carbocycles. The summed E-state index contributed by atoms with van der Waals surface area (Å²) in [6.07, 6.45) is 0. The zero-order chi connectivity index (χ0) is 20.1. The van der Waals surface area contributed by atoms with Crippen LogP contribution in [0.3, 0.4) is 0 Å². The highest BCUT2D eigenvalue weighted by atomic mass is 32.2. The molecular formula is C21H20N2O4S. The second kappa shape index (κ2) is 8.24. The number of sulfonamides is 1. The highest BCUT2D eigenvalue weighted by Gasteiger charge is 2.17. The predicted molar refractivity (Wildman–Crippen MR) is 108 cm³/mol. The van der Waals surface area contributed by atoms with Crippen molar-refractivity contribution < 1.29 is 17.9 Å². The highest BCUT2D eigenvalue weighted by molar-refractivity contribution is 7.89. The molecule has 0 aliphatic rings. The van der Waals surface area contributed by atoms with E-state index in [-0.39, 0.29) is 4.90 Å². The van der Waals surface area contributed by atoms with E-state index in [1.807, 2.05) is 18.2 Å². The first kappa shape index (κ1) is 19.6. The van der Waals surface area contributed by atoms with Gasteiger partial charge >= 0.3 is 0 Å². The van der Waals surface area contributed by atoms with Crippen molar-refractivity contribution in [1.82, 2.24) is 4.72 Å². The second-order valence-electron chi connectivity index (χ2n) is 6.05. The maximum absolute atomic E-state index is 12.8. The Morgan fingerprint density at radius 3 is 2.32 bits per heavy atom. The first-order valence-corrected chi connectivity index (χ1v) is 10.1. The van der Waals surface area contributed by atoms with Crippen molar-refractivity contribution in [2.24, 2.45) is 0 Å². The van der Waals surface area contributed by atoms with Gasteiger partial charge in [-0.1, -0.05) is 36.4 Å². The van der Waals surface area contributed by atoms with Crippen LogP contribution in [-0.4, -0.2) is 21.4 Å². The molecule has 0 saturated heterocycles. The van der Waals surface area contributed by atoms with Gasteiger partial charge in [-0.25, -0.2) is 13.1 Å². The predicted octanol–water partition coefficient (Wildman–Crippen LogP) is 3.95. The Morgan fingerprint density at radius 1 is 0.929 bits per heavy atom. The van der Waals surface area contributed by atoms with Crippen LogP contribution >= 0.6 is 0 Å². The molecule has 2 N–H and O–H groups in total. The molecule has 3 rings (SSSR count). The Hall–Kier alpha value is -3.16. The minimum atomic E-state index is -3.63. The van der Waals surface area contributed by atoms with Crippen LogP contribution in [0, 0.1) is 6.92 Å². The Kier molecular flexibility index (Phi) is 5.77. The van der Waals surface area contributed by atoms with Gasteiger partial charge in [0.2, 0.25) is 10.0 Å². The zero-order valence-electron chi connectivity index (χ0n) is 15.5. The fourth-order valence-electron chi connectivity index (χ4n) is 2.63. The number of hydrogen-bond acceptors (Lipinski definition) is 4. The van der Waals surface area contributed by atoms with E-state index in [0.29, 0.717) is 28.3 Å². The second-order valence-corrected chi connectivity index (χ2v) is 7.91. The quantitative estimate of drug-likeness (QED) is 0.661. The van der Waals surface area contributed by atoms with E-state index < -0.39 is 15.9 Å². The molecule has 0 radical (unpaired) electrons. The number of rotatable bonds is 6. The number of hydrogen-bond donors (Lipinski definition) is 2. The van der Waals surface area contributed by atoms with Gasteiger partial charge in [0.15, 0.2) is 0 Å². The highest BCUT2D eigenvalue weighted by Crippen LogP contribution is 2.26. The fourth-order valence-corrected chi connectivity index (χ4v) is 3.63. The third kappa shape index (κ3) is 4.39. The lowest BCUT2D eigenvalue weighted by Crippen LogP contribution is -2.20. The van der Waals surface area contributed by atoms with Crippen LogP contribution in [0.1, 0.15) is 15.9 Å². The van der Waals surface area contributed by atoms with E-state index in [2.05, 4.69) is 10.0 Å². The van der Waals surface area contributed by atoms with Crippen molar-refractivity contribution in [2.45, 2.75) is 11.8 Å². The third-order valence-corrected chi connectivity index (χ3v) is 5.66. The molecule has 28 heavy (non-hydrogen) atoms. The average Bonchev–Trinajstić information content (AvgIpc) is 2.70. The van der Waals surface area contributed by atoms with E-state index in [4.69, 9.17) is 4.74 Å². The van der Waals surface area contributed by atoms with Crippen LogP contribution in [0.25, 0.3) is 0 Å². The lowest BCUT2D eigenvalue weighted by Gasteiger charge is -2.13. The molecule has 0 unspecified atom stereocenters. The third-order valence-electron chi connectivity index (χ3n) is 4.11. The number of carbonyl (C=O) groups is 1. The van der Waals surface area contributed by atoms with Gasteiger partial charge in [0.1, 0.15) is 11.5 Å². The maximum Gasteiger partial charge on any atom is 0.259 e. The normalized spacial score (nSPS) is 11.1. The number of amides is 1. The van der Waals surface area contributed by atoms with E-state index in [9.17, 15) is 13.2 Å². The number of carbonyl (C=O) groups excluding carboxylic acids is 1. The minimum Gasteiger partial charge on any atom is -0.457 e. The van der Waals surface area contributed by atoms with Crippen molar-refractivity contribution in [3.05, 3.63) is 83.9 Å². The standard InChI is InChI=1S/C21H20N2O4S/c1-15-12-13-16(14-20(15)28(25,26)22-2)23-21(24)18-10-6-7-11-19(18)27-17-8-4-3-5-9-17/h3-14,22H,1-2H3,(H,23,24). The molecule has 0 aliphatic carbocycles. The first-order chi connectivity index (χ1) is 13.4. The topological polar surface area (TPSA) is 84.5 Å². The minimum absolute atomic E-state index is 0.113. The van der Waals surface area contributed by atoms with Gasteiger partial charge in [0, 0.05) is 5.69 Å². The summed E-state index contributed by atoms with van der Waals surface area (Å²) in [4.78, 5) is 12.9. The van der Waals surface area contributed by atoms with E-state index in [0.717, 1.165) is 0 Å². The van der Waals surface area contributed by atoms with Gasteiger partial charge in [-0.2, -0.15) is 0 Å². The molecule has 0 atom stereocenters. The number of ether oxygens (including phenoxy) is 1. The molecule has 7 heteroatoms. The van der Waals surface area contributed by atoms with E-state index >= 15 is 0 Å². The van der Waals surface area contributed by atoms with Gasteiger partial charge in [-0.05, 0) is 55.9 Å². The van der Waals surface area contributed by atoms with Gasteiger partial charge in [-0.15, -0.1) is 0 Å². The van der Waals surface area contributed by atoms with Crippen LogP contribution in [0.15, 0.2) is 77.7 Å². The number of para-hydroxylation sites is 2. The number of aryl methyl sites for hydroxylation is 1. The van der Waals surface area contributed by atoms with Crippen LogP contribution in [-0.2, 0) is 10.0 Å². The molecule has 6 nitrogen and oxygen atoms in total. The summed E-state index contributed by atoms with van der Waals surface area (Å²) in [7, 11) is -2.28. The monoisotopic (exact) mass is 396 g/mol. The van der Waals surface area contributed by atoms with Crippen molar-refractivity contribution in [3.63, 3.8) is 0 Å². The molecule has 1 amide bonds. The smallest absolute Gasteiger partial charge is 0.259 e. The molecular weight excluding hydrogens is 376 g/mol. The van der Waals surface area contributed by atoms with Gasteiger partial charge in [0.25, 0.3) is 5.91 Å². The Morgan fingerprint density at radius 2 is 1.61 bits per heavy atom. The molecule has 0 heterocycles.